The number of carbonyl (C=O) groups is 1. The van der Waals surface area contributed by atoms with Gasteiger partial charge in [0.05, 0.1) is 5.25 Å². The molecule has 0 aromatic heterocycles. The molecule has 0 aliphatic rings. The van der Waals surface area contributed by atoms with Crippen LogP contribution >= 0.6 is 12.6 Å². The molecule has 0 saturated carbocycles. The van der Waals surface area contributed by atoms with Crippen molar-refractivity contribution >= 4 is 18.4 Å². The van der Waals surface area contributed by atoms with Crippen LogP contribution in [0.4, 0.5) is 0 Å². The monoisotopic (exact) mass is 146 g/mol. The van der Waals surface area contributed by atoms with Crippen LogP contribution in [0.15, 0.2) is 0 Å². The molecule has 1 unspecified atom stereocenters. The highest BCUT2D eigenvalue weighted by molar-refractivity contribution is 7.81. The fourth-order valence-corrected chi connectivity index (χ4v) is 0.770. The van der Waals surface area contributed by atoms with Gasteiger partial charge in [-0.15, -0.1) is 0 Å². The third-order valence-corrected chi connectivity index (χ3v) is 1.91. The summed E-state index contributed by atoms with van der Waals surface area (Å²) >= 11 is 4.11. The second-order valence-electron chi connectivity index (χ2n) is 2.14. The fourth-order valence-electron chi connectivity index (χ4n) is 0.641. The molecule has 0 saturated heterocycles. The molecule has 0 fully saturated rings. The molecule has 0 aliphatic heterocycles. The number of Topliss-reactive ketones (excluding diaryl/α,β-unsaturated/α-hetero) is 1. The second-order valence-corrected chi connectivity index (χ2v) is 2.76. The van der Waals surface area contributed by atoms with Gasteiger partial charge >= 0.3 is 0 Å². The highest BCUT2D eigenvalue weighted by Crippen LogP contribution is 2.05. The van der Waals surface area contributed by atoms with E-state index in [1.807, 2.05) is 13.8 Å². The molecule has 0 bridgehead atoms. The molecule has 1 atom stereocenters. The van der Waals surface area contributed by atoms with Crippen LogP contribution in [0.1, 0.15) is 33.1 Å². The van der Waals surface area contributed by atoms with Gasteiger partial charge in [-0.05, 0) is 12.8 Å². The molecule has 0 heterocycles. The maximum atomic E-state index is 10.9. The first kappa shape index (κ1) is 9.02. The number of ketones is 1. The summed E-state index contributed by atoms with van der Waals surface area (Å²) < 4.78 is 0. The molecule has 9 heavy (non-hydrogen) atoms. The minimum atomic E-state index is -0.0232. The molecule has 0 spiro atoms. The Bertz CT molecular complexity index is 90.9. The van der Waals surface area contributed by atoms with E-state index in [4.69, 9.17) is 0 Å². The van der Waals surface area contributed by atoms with E-state index in [-0.39, 0.29) is 11.0 Å². The van der Waals surface area contributed by atoms with Crippen LogP contribution in [0.2, 0.25) is 0 Å². The largest absolute Gasteiger partial charge is 0.298 e. The topological polar surface area (TPSA) is 17.1 Å². The molecule has 1 nitrogen and oxygen atoms in total. The summed E-state index contributed by atoms with van der Waals surface area (Å²) in [5.74, 6) is 0.281. The van der Waals surface area contributed by atoms with Crippen LogP contribution in [-0.2, 0) is 4.79 Å². The van der Waals surface area contributed by atoms with Gasteiger partial charge in [0.2, 0.25) is 0 Å². The standard InChI is InChI=1S/C7H14OS/c1-3-5-6(8)7(9)4-2/h7,9H,3-5H2,1-2H3. The van der Waals surface area contributed by atoms with E-state index < -0.39 is 0 Å². The highest BCUT2D eigenvalue weighted by Gasteiger charge is 2.08. The highest BCUT2D eigenvalue weighted by atomic mass is 32.1. The summed E-state index contributed by atoms with van der Waals surface area (Å²) in [7, 11) is 0. The van der Waals surface area contributed by atoms with E-state index in [1.165, 1.54) is 0 Å². The van der Waals surface area contributed by atoms with Crippen molar-refractivity contribution in [2.75, 3.05) is 0 Å². The number of hydrogen-bond donors (Lipinski definition) is 1. The van der Waals surface area contributed by atoms with Gasteiger partial charge in [0.25, 0.3) is 0 Å². The van der Waals surface area contributed by atoms with E-state index >= 15 is 0 Å². The van der Waals surface area contributed by atoms with Crippen LogP contribution in [-0.4, -0.2) is 11.0 Å². The van der Waals surface area contributed by atoms with Crippen molar-refractivity contribution in [2.24, 2.45) is 0 Å². The maximum absolute atomic E-state index is 10.9. The average Bonchev–Trinajstić information content (AvgIpc) is 1.87. The Balaban J connectivity index is 3.46. The van der Waals surface area contributed by atoms with Crippen LogP contribution < -0.4 is 0 Å². The molecule has 0 amide bonds. The SMILES string of the molecule is CCCC(=O)C(S)CC. The van der Waals surface area contributed by atoms with Gasteiger partial charge in [0.1, 0.15) is 5.78 Å². The molecule has 2 heteroatoms. The summed E-state index contributed by atoms with van der Waals surface area (Å²) in [5, 5.41) is -0.0232. The Morgan fingerprint density at radius 2 is 2.11 bits per heavy atom. The molecule has 0 N–H and O–H groups in total. The third kappa shape index (κ3) is 3.57. The van der Waals surface area contributed by atoms with Crippen molar-refractivity contribution in [3.8, 4) is 0 Å². The van der Waals surface area contributed by atoms with Crippen molar-refractivity contribution in [1.82, 2.24) is 0 Å². The summed E-state index contributed by atoms with van der Waals surface area (Å²) in [4.78, 5) is 10.9. The van der Waals surface area contributed by atoms with E-state index in [9.17, 15) is 4.79 Å². The molecule has 0 radical (unpaired) electrons. The zero-order valence-corrected chi connectivity index (χ0v) is 6.95. The first-order chi connectivity index (χ1) is 4.22. The van der Waals surface area contributed by atoms with Gasteiger partial charge in [0, 0.05) is 6.42 Å². The lowest BCUT2D eigenvalue weighted by Crippen LogP contribution is -2.12. The molecule has 0 aromatic rings. The van der Waals surface area contributed by atoms with Crippen LogP contribution in [0.25, 0.3) is 0 Å². The van der Waals surface area contributed by atoms with E-state index in [1.54, 1.807) is 0 Å². The lowest BCUT2D eigenvalue weighted by atomic mass is 10.1. The van der Waals surface area contributed by atoms with Gasteiger partial charge in [-0.3, -0.25) is 4.79 Å². The summed E-state index contributed by atoms with van der Waals surface area (Å²) in [6.07, 6.45) is 2.47. The van der Waals surface area contributed by atoms with Gasteiger partial charge in [0.15, 0.2) is 0 Å². The molecule has 54 valence electrons. The Morgan fingerprint density at radius 3 is 2.44 bits per heavy atom. The zero-order chi connectivity index (χ0) is 7.28. The second kappa shape index (κ2) is 4.86. The number of carbonyl (C=O) groups excluding carboxylic acids is 1. The van der Waals surface area contributed by atoms with Crippen molar-refractivity contribution in [1.29, 1.82) is 0 Å². The molecule has 0 rings (SSSR count). The average molecular weight is 146 g/mol. The molecular weight excluding hydrogens is 132 g/mol. The minimum Gasteiger partial charge on any atom is -0.298 e. The number of rotatable bonds is 4. The minimum absolute atomic E-state index is 0.0232. The Morgan fingerprint density at radius 1 is 1.56 bits per heavy atom. The quantitative estimate of drug-likeness (QED) is 0.601. The third-order valence-electron chi connectivity index (χ3n) is 1.25. The smallest absolute Gasteiger partial charge is 0.145 e. The molecule has 0 aromatic carbocycles. The first-order valence-corrected chi connectivity index (χ1v) is 3.94. The molecular formula is C7H14OS. The fraction of sp³-hybridized carbons (Fsp3) is 0.857. The predicted octanol–water partition coefficient (Wildman–Crippen LogP) is 2.06. The van der Waals surface area contributed by atoms with Gasteiger partial charge < -0.3 is 0 Å². The Kier molecular flexibility index (Phi) is 4.87. The Labute approximate surface area is 62.2 Å². The van der Waals surface area contributed by atoms with Crippen LogP contribution in [0, 0.1) is 0 Å². The number of hydrogen-bond acceptors (Lipinski definition) is 2. The van der Waals surface area contributed by atoms with Gasteiger partial charge in [-0.1, -0.05) is 13.8 Å². The van der Waals surface area contributed by atoms with Crippen molar-refractivity contribution in [3.63, 3.8) is 0 Å². The first-order valence-electron chi connectivity index (χ1n) is 3.43. The lowest BCUT2D eigenvalue weighted by molar-refractivity contribution is -0.118. The summed E-state index contributed by atoms with van der Waals surface area (Å²) in [6.45, 7) is 3.99. The summed E-state index contributed by atoms with van der Waals surface area (Å²) in [5.41, 5.74) is 0. The van der Waals surface area contributed by atoms with Crippen molar-refractivity contribution in [2.45, 2.75) is 38.4 Å². The lowest BCUT2D eigenvalue weighted by Gasteiger charge is -2.03. The molecule has 0 aliphatic carbocycles. The Hall–Kier alpha value is 0.0200. The zero-order valence-electron chi connectivity index (χ0n) is 6.05. The van der Waals surface area contributed by atoms with E-state index in [2.05, 4.69) is 12.6 Å². The summed E-state index contributed by atoms with van der Waals surface area (Å²) in [6, 6.07) is 0. The van der Waals surface area contributed by atoms with Crippen molar-refractivity contribution in [3.05, 3.63) is 0 Å². The maximum Gasteiger partial charge on any atom is 0.145 e. The number of thiol groups is 1. The van der Waals surface area contributed by atoms with Crippen LogP contribution in [0.3, 0.4) is 0 Å². The predicted molar refractivity (Wildman–Crippen MR) is 43.0 cm³/mol. The normalized spacial score (nSPS) is 13.2. The van der Waals surface area contributed by atoms with Crippen LogP contribution in [0.5, 0.6) is 0 Å². The van der Waals surface area contributed by atoms with Crippen molar-refractivity contribution < 1.29 is 4.79 Å². The van der Waals surface area contributed by atoms with Gasteiger partial charge in [-0.25, -0.2) is 0 Å². The van der Waals surface area contributed by atoms with E-state index in [0.29, 0.717) is 6.42 Å². The van der Waals surface area contributed by atoms with E-state index in [0.717, 1.165) is 12.8 Å². The van der Waals surface area contributed by atoms with Gasteiger partial charge in [-0.2, -0.15) is 12.6 Å².